The van der Waals surface area contributed by atoms with Gasteiger partial charge in [-0.3, -0.25) is 0 Å². The number of hydrogen-bond donors (Lipinski definition) is 0. The Balaban J connectivity index is 1.02. The summed E-state index contributed by atoms with van der Waals surface area (Å²) in [5.74, 6) is 0. The highest BCUT2D eigenvalue weighted by Gasteiger charge is 2.25. The van der Waals surface area contributed by atoms with Gasteiger partial charge in [-0.25, -0.2) is 15.0 Å². The summed E-state index contributed by atoms with van der Waals surface area (Å²) in [7, 11) is 0. The van der Waals surface area contributed by atoms with Crippen LogP contribution >= 0.6 is 0 Å². The molecule has 0 aliphatic carbocycles. The quantitative estimate of drug-likeness (QED) is 0.129. The number of pyridine rings is 3. The van der Waals surface area contributed by atoms with Crippen LogP contribution in [0.3, 0.4) is 0 Å². The molecule has 0 amide bonds. The maximum absolute atomic E-state index is 11.9. The second-order valence-corrected chi connectivity index (χ2v) is 22.2. The lowest BCUT2D eigenvalue weighted by atomic mass is 9.94. The van der Waals surface area contributed by atoms with Crippen LogP contribution < -0.4 is 0 Å². The van der Waals surface area contributed by atoms with Crippen molar-refractivity contribution < 1.29 is 0 Å². The minimum Gasteiger partial charge on any atom is -0.309 e. The highest BCUT2D eigenvalue weighted by Crippen LogP contribution is 2.45. The number of hydrogen-bond acceptors (Lipinski definition) is 4. The van der Waals surface area contributed by atoms with Crippen molar-refractivity contribution >= 4 is 43.6 Å². The normalized spacial score (nSPS) is 11.4. The summed E-state index contributed by atoms with van der Waals surface area (Å²) >= 11 is 0. The van der Waals surface area contributed by atoms with Gasteiger partial charge in [-0.15, -0.1) is 0 Å². The van der Waals surface area contributed by atoms with Crippen LogP contribution in [0.4, 0.5) is 0 Å². The number of nitrogens with zero attached hydrogens (tertiary/aromatic N) is 6. The van der Waals surface area contributed by atoms with E-state index >= 15 is 0 Å². The molecule has 0 bridgehead atoms. The first-order valence-electron chi connectivity index (χ1n) is 29.6. The first-order valence-corrected chi connectivity index (χ1v) is 29.6. The first kappa shape index (κ1) is 51.6. The van der Waals surface area contributed by atoms with E-state index in [0.29, 0.717) is 5.56 Å². The van der Waals surface area contributed by atoms with Crippen molar-refractivity contribution in [3.63, 3.8) is 0 Å². The zero-order valence-corrected chi connectivity index (χ0v) is 47.7. The molecule has 0 spiro atoms. The molecule has 11 aromatic carbocycles. The summed E-state index contributed by atoms with van der Waals surface area (Å²) in [6.07, 6.45) is 0. The summed E-state index contributed by atoms with van der Waals surface area (Å²) in [5, 5.41) is 16.3. The van der Waals surface area contributed by atoms with Gasteiger partial charge in [0.05, 0.1) is 73.2 Å². The Labute approximate surface area is 509 Å². The van der Waals surface area contributed by atoms with Gasteiger partial charge < -0.3 is 9.13 Å². The lowest BCUT2D eigenvalue weighted by Crippen LogP contribution is -2.05. The fourth-order valence-corrected chi connectivity index (χ4v) is 12.7. The molecular formula is C82H52N6. The van der Waals surface area contributed by atoms with Crippen molar-refractivity contribution in [2.75, 3.05) is 0 Å². The second kappa shape index (κ2) is 21.9. The van der Waals surface area contributed by atoms with E-state index in [1.54, 1.807) is 0 Å². The molecule has 0 saturated heterocycles. The van der Waals surface area contributed by atoms with Crippen molar-refractivity contribution in [1.82, 2.24) is 24.1 Å². The Hall–Kier alpha value is -12.0. The van der Waals surface area contributed by atoms with Crippen molar-refractivity contribution in [3.8, 4) is 118 Å². The van der Waals surface area contributed by atoms with Crippen molar-refractivity contribution in [2.24, 2.45) is 0 Å². The molecule has 0 aliphatic heterocycles. The average molecular weight is 1120 g/mol. The minimum atomic E-state index is 0.517. The first-order chi connectivity index (χ1) is 43.6. The SMILES string of the molecule is N#Cc1cc(-c2cc(-c3cc(-c4ccccc4)nc(-c4ccccc4)c3)nc(-c3cc(-c4ccccc4)nc(-c4ccccc4)c3)c2)c(-n2c3ccccc3c3cc(-c4ccccc4)ccc32)cc1-n1c2ccccc2c2cc(-c3ccccc3)ccc21. The maximum Gasteiger partial charge on any atom is 0.101 e. The summed E-state index contributed by atoms with van der Waals surface area (Å²) in [4.78, 5) is 16.4. The molecule has 88 heavy (non-hydrogen) atoms. The summed E-state index contributed by atoms with van der Waals surface area (Å²) in [6, 6.07) is 113. The zero-order valence-electron chi connectivity index (χ0n) is 47.7. The van der Waals surface area contributed by atoms with Crippen LogP contribution in [-0.4, -0.2) is 24.1 Å². The molecule has 410 valence electrons. The standard InChI is InChI=1S/C82H52N6/c83-53-65-45-68(62-46-75(63-48-71(56-27-11-3-12-28-56)84-72(49-63)57-29-13-4-14-30-57)86-76(47-62)64-50-73(58-31-15-5-16-32-58)85-74(51-64)59-33-17-6-18-34-59)82(88-78-38-22-20-36-67(78)70-44-61(40-42-80(70)88)55-25-9-2-10-26-55)52-81(65)87-77-37-21-19-35-66(77)69-43-60(39-41-79(69)87)54-23-7-1-8-24-54/h1-52H. The van der Waals surface area contributed by atoms with Gasteiger partial charge in [0, 0.05) is 60.5 Å². The van der Waals surface area contributed by atoms with Gasteiger partial charge in [0.1, 0.15) is 6.07 Å². The predicted molar refractivity (Wildman–Crippen MR) is 362 cm³/mol. The lowest BCUT2D eigenvalue weighted by Gasteiger charge is -2.20. The summed E-state index contributed by atoms with van der Waals surface area (Å²) < 4.78 is 4.69. The van der Waals surface area contributed by atoms with E-state index in [0.717, 1.165) is 156 Å². The van der Waals surface area contributed by atoms with E-state index in [1.807, 2.05) is 24.3 Å². The fourth-order valence-electron chi connectivity index (χ4n) is 12.7. The number of aromatic nitrogens is 5. The van der Waals surface area contributed by atoms with Crippen LogP contribution in [0.2, 0.25) is 0 Å². The smallest absolute Gasteiger partial charge is 0.101 e. The van der Waals surface area contributed by atoms with Gasteiger partial charge in [0.15, 0.2) is 0 Å². The zero-order chi connectivity index (χ0) is 58.5. The van der Waals surface area contributed by atoms with Crippen molar-refractivity contribution in [3.05, 3.63) is 321 Å². The molecule has 0 unspecified atom stereocenters. The number of para-hydroxylation sites is 2. The third-order valence-electron chi connectivity index (χ3n) is 16.9. The van der Waals surface area contributed by atoms with Crippen LogP contribution in [0, 0.1) is 11.3 Å². The third-order valence-corrected chi connectivity index (χ3v) is 16.9. The van der Waals surface area contributed by atoms with Gasteiger partial charge in [0.2, 0.25) is 0 Å². The maximum atomic E-state index is 11.9. The van der Waals surface area contributed by atoms with E-state index in [1.165, 1.54) is 0 Å². The van der Waals surface area contributed by atoms with E-state index in [9.17, 15) is 5.26 Å². The van der Waals surface area contributed by atoms with Crippen LogP contribution in [0.5, 0.6) is 0 Å². The molecule has 16 rings (SSSR count). The van der Waals surface area contributed by atoms with Crippen molar-refractivity contribution in [1.29, 1.82) is 5.26 Å². The van der Waals surface area contributed by atoms with E-state index in [2.05, 4.69) is 306 Å². The van der Waals surface area contributed by atoms with Crippen LogP contribution in [0.1, 0.15) is 5.56 Å². The van der Waals surface area contributed by atoms with Gasteiger partial charge in [-0.1, -0.05) is 231 Å². The molecule has 0 aliphatic rings. The largest absolute Gasteiger partial charge is 0.309 e. The average Bonchev–Trinajstić information content (AvgIpc) is 1.77. The molecule has 0 radical (unpaired) electrons. The Morgan fingerprint density at radius 3 is 0.909 bits per heavy atom. The van der Waals surface area contributed by atoms with Gasteiger partial charge in [0.25, 0.3) is 0 Å². The number of fused-ring (bicyclic) bond motifs is 6. The Kier molecular flexibility index (Phi) is 12.8. The van der Waals surface area contributed by atoms with Crippen LogP contribution in [-0.2, 0) is 0 Å². The Morgan fingerprint density at radius 2 is 0.534 bits per heavy atom. The molecule has 0 N–H and O–H groups in total. The van der Waals surface area contributed by atoms with Gasteiger partial charge in [-0.2, -0.15) is 5.26 Å². The van der Waals surface area contributed by atoms with Gasteiger partial charge >= 0.3 is 0 Å². The molecule has 0 fully saturated rings. The number of benzene rings is 11. The fraction of sp³-hybridized carbons (Fsp3) is 0. The van der Waals surface area contributed by atoms with Crippen molar-refractivity contribution in [2.45, 2.75) is 0 Å². The Bertz CT molecular complexity index is 5100. The minimum absolute atomic E-state index is 0.517. The highest BCUT2D eigenvalue weighted by atomic mass is 15.0. The van der Waals surface area contributed by atoms with Crippen LogP contribution in [0.15, 0.2) is 315 Å². The molecule has 0 saturated carbocycles. The molecule has 0 atom stereocenters. The van der Waals surface area contributed by atoms with E-state index in [4.69, 9.17) is 15.0 Å². The van der Waals surface area contributed by atoms with Crippen LogP contribution in [0.25, 0.3) is 156 Å². The molecule has 16 aromatic rings. The summed E-state index contributed by atoms with van der Waals surface area (Å²) in [6.45, 7) is 0. The molecular weight excluding hydrogens is 1070 g/mol. The molecule has 6 heteroatoms. The predicted octanol–water partition coefficient (Wildman–Crippen LogP) is 20.9. The Morgan fingerprint density at radius 1 is 0.227 bits per heavy atom. The summed E-state index contributed by atoms with van der Waals surface area (Å²) in [5.41, 5.74) is 23.1. The number of rotatable bonds is 11. The monoisotopic (exact) mass is 1120 g/mol. The molecule has 6 nitrogen and oxygen atoms in total. The van der Waals surface area contributed by atoms with E-state index in [-0.39, 0.29) is 0 Å². The second-order valence-electron chi connectivity index (χ2n) is 22.2. The molecule has 5 aromatic heterocycles. The number of nitriles is 1. The topological polar surface area (TPSA) is 72.3 Å². The highest BCUT2D eigenvalue weighted by molar-refractivity contribution is 6.13. The molecule has 5 heterocycles. The lowest BCUT2D eigenvalue weighted by molar-refractivity contribution is 1.13. The third kappa shape index (κ3) is 9.28. The van der Waals surface area contributed by atoms with E-state index < -0.39 is 0 Å². The van der Waals surface area contributed by atoms with Gasteiger partial charge in [-0.05, 0) is 113 Å².